The van der Waals surface area contributed by atoms with Gasteiger partial charge in [0.05, 0.1) is 44.8 Å². The van der Waals surface area contributed by atoms with Gasteiger partial charge in [-0.25, -0.2) is 4.79 Å². The summed E-state index contributed by atoms with van der Waals surface area (Å²) in [5.41, 5.74) is 3.15. The molecule has 5 aliphatic rings. The summed E-state index contributed by atoms with van der Waals surface area (Å²) in [7, 11) is 3.06. The van der Waals surface area contributed by atoms with Crippen molar-refractivity contribution in [3.63, 3.8) is 0 Å². The molecule has 3 N–H and O–H groups in total. The monoisotopic (exact) mass is 939 g/mol. The van der Waals surface area contributed by atoms with E-state index in [1.807, 2.05) is 17.9 Å². The first kappa shape index (κ1) is 48.6. The second-order valence-electron chi connectivity index (χ2n) is 17.8. The zero-order valence-corrected chi connectivity index (χ0v) is 39.3. The van der Waals surface area contributed by atoms with Crippen molar-refractivity contribution >= 4 is 23.4 Å². The smallest absolute Gasteiger partial charge is 0.417 e. The number of oxime groups is 1. The van der Waals surface area contributed by atoms with E-state index in [1.54, 1.807) is 61.7 Å². The van der Waals surface area contributed by atoms with Crippen LogP contribution in [0.2, 0.25) is 0 Å². The minimum Gasteiger partial charge on any atom is -0.497 e. The Bertz CT molecular complexity index is 2310. The van der Waals surface area contributed by atoms with Crippen LogP contribution in [0.25, 0.3) is 0 Å². The Morgan fingerprint density at radius 1 is 0.941 bits per heavy atom. The Kier molecular flexibility index (Phi) is 16.1. The van der Waals surface area contributed by atoms with E-state index < -0.39 is 30.1 Å². The van der Waals surface area contributed by atoms with Crippen molar-refractivity contribution in [1.29, 1.82) is 0 Å². The molecule has 0 radical (unpaired) electrons. The summed E-state index contributed by atoms with van der Waals surface area (Å²) < 4.78 is 48.8. The van der Waals surface area contributed by atoms with Crippen LogP contribution in [-0.4, -0.2) is 105 Å². The number of fused-ring (bicyclic) bond motifs is 3. The molecular formula is C52H65N3O13. The topological polar surface area (TPSA) is 185 Å². The standard InChI is InChI=1S/C52H65N3O13/c1-5-22-55(50(58)34-16-20-43-45(28-34)64-32-63-43)46-31-41(54-68-47-15-9-12-26-62-47)38-27-33(13-7-10-23-56)37(14-8-11-24-57)48-39-29-36(18-21-42(39)67-52(46,49(38)48)65-25-6-2)66-51(59)53-40-19-17-35(60-3)30-44(40)61-4/h6,16-21,27-30,33,37,46-49,56-57H,2,5,7-15,22-26,31-32H2,1,3-4H3,(H,53,59). The van der Waals surface area contributed by atoms with Gasteiger partial charge in [0, 0.05) is 55.7 Å². The fourth-order valence-corrected chi connectivity index (χ4v) is 10.6. The van der Waals surface area contributed by atoms with Crippen LogP contribution < -0.4 is 33.7 Å². The fourth-order valence-electron chi connectivity index (χ4n) is 10.6. The summed E-state index contributed by atoms with van der Waals surface area (Å²) in [6.45, 7) is 7.29. The number of allylic oxidation sites excluding steroid dienone is 1. The number of unbranched alkanes of at least 4 members (excludes halogenated alkanes) is 2. The average Bonchev–Trinajstić information content (AvgIpc) is 3.84. The summed E-state index contributed by atoms with van der Waals surface area (Å²) >= 11 is 0. The quantitative estimate of drug-likeness (QED) is 0.0524. The van der Waals surface area contributed by atoms with Crippen molar-refractivity contribution in [1.82, 2.24) is 4.90 Å². The highest BCUT2D eigenvalue weighted by Gasteiger charge is 2.65. The number of methoxy groups -OCH3 is 2. The van der Waals surface area contributed by atoms with E-state index in [1.165, 1.54) is 7.11 Å². The first-order valence-electron chi connectivity index (χ1n) is 24.0. The van der Waals surface area contributed by atoms with Crippen LogP contribution in [0, 0.1) is 17.8 Å². The van der Waals surface area contributed by atoms with Crippen molar-refractivity contribution in [2.75, 3.05) is 59.3 Å². The van der Waals surface area contributed by atoms with Crippen molar-refractivity contribution in [2.45, 2.75) is 102 Å². The van der Waals surface area contributed by atoms with Crippen molar-refractivity contribution in [2.24, 2.45) is 22.9 Å². The molecule has 7 unspecified atom stereocenters. The van der Waals surface area contributed by atoms with Gasteiger partial charge in [-0.15, -0.1) is 6.58 Å². The van der Waals surface area contributed by atoms with Crippen LogP contribution in [0.3, 0.4) is 0 Å². The highest BCUT2D eigenvalue weighted by Crippen LogP contribution is 2.62. The number of rotatable bonds is 21. The van der Waals surface area contributed by atoms with E-state index in [4.69, 9.17) is 47.9 Å². The summed E-state index contributed by atoms with van der Waals surface area (Å²) in [4.78, 5) is 37.0. The zero-order chi connectivity index (χ0) is 47.6. The average molecular weight is 940 g/mol. The zero-order valence-electron chi connectivity index (χ0n) is 39.3. The van der Waals surface area contributed by atoms with E-state index >= 15 is 4.79 Å². The Morgan fingerprint density at radius 2 is 1.74 bits per heavy atom. The number of hydrogen-bond acceptors (Lipinski definition) is 14. The number of anilines is 1. The number of aliphatic hydroxyl groups excluding tert-OH is 2. The highest BCUT2D eigenvalue weighted by atomic mass is 16.8. The highest BCUT2D eigenvalue weighted by molar-refractivity contribution is 6.03. The second kappa shape index (κ2) is 22.5. The van der Waals surface area contributed by atoms with Gasteiger partial charge in [0.15, 0.2) is 11.5 Å². The van der Waals surface area contributed by atoms with Gasteiger partial charge in [-0.2, -0.15) is 0 Å². The Hall–Kier alpha value is -5.81. The maximum Gasteiger partial charge on any atom is 0.417 e. The summed E-state index contributed by atoms with van der Waals surface area (Å²) in [5.74, 6) is 0.0972. The van der Waals surface area contributed by atoms with E-state index in [2.05, 4.69) is 18.0 Å². The minimum atomic E-state index is -1.49. The molecule has 1 saturated heterocycles. The lowest BCUT2D eigenvalue weighted by Gasteiger charge is -2.60. The van der Waals surface area contributed by atoms with Crippen molar-refractivity contribution < 1.29 is 62.5 Å². The third-order valence-electron chi connectivity index (χ3n) is 13.6. The van der Waals surface area contributed by atoms with Crippen LogP contribution in [0.1, 0.15) is 99.4 Å². The van der Waals surface area contributed by atoms with E-state index in [0.29, 0.717) is 84.5 Å². The van der Waals surface area contributed by atoms with E-state index in [0.717, 1.165) is 49.7 Å². The van der Waals surface area contributed by atoms with Gasteiger partial charge in [0.1, 0.15) is 29.0 Å². The molecule has 16 heteroatoms. The number of carbonyl (C=O) groups is 2. The lowest BCUT2D eigenvalue weighted by molar-refractivity contribution is -0.254. The number of hydrogen-bond donors (Lipinski definition) is 3. The van der Waals surface area contributed by atoms with Gasteiger partial charge in [0.2, 0.25) is 18.9 Å². The van der Waals surface area contributed by atoms with Gasteiger partial charge in [-0.05, 0) is 111 Å². The molecule has 3 aromatic carbocycles. The molecule has 366 valence electrons. The predicted octanol–water partition coefficient (Wildman–Crippen LogP) is 8.76. The van der Waals surface area contributed by atoms with Gasteiger partial charge < -0.3 is 57.8 Å². The molecule has 2 aliphatic carbocycles. The van der Waals surface area contributed by atoms with E-state index in [-0.39, 0.29) is 62.4 Å². The number of nitrogens with one attached hydrogen (secondary N) is 1. The maximum absolute atomic E-state index is 15.2. The number of amides is 2. The van der Waals surface area contributed by atoms with Crippen LogP contribution in [0.4, 0.5) is 10.5 Å². The molecule has 68 heavy (non-hydrogen) atoms. The molecule has 2 fully saturated rings. The van der Waals surface area contributed by atoms with Crippen LogP contribution in [0.5, 0.6) is 34.5 Å². The lowest BCUT2D eigenvalue weighted by Crippen LogP contribution is -2.70. The largest absolute Gasteiger partial charge is 0.497 e. The van der Waals surface area contributed by atoms with Crippen LogP contribution in [-0.2, 0) is 14.3 Å². The van der Waals surface area contributed by atoms with Gasteiger partial charge in [-0.1, -0.05) is 37.1 Å². The predicted molar refractivity (Wildman–Crippen MR) is 253 cm³/mol. The SMILES string of the molecule is C=CCOC12Oc3ccc(OC(=O)Nc4ccc(OC)cc4OC)cc3C3C(CCCCO)C(CCCCO)C=C(C(=NOC4CCCCO4)CC1N(CCC)C(=O)c1ccc4c(c1)OCO4)C32. The van der Waals surface area contributed by atoms with Crippen LogP contribution >= 0.6 is 0 Å². The third-order valence-corrected chi connectivity index (χ3v) is 13.6. The summed E-state index contributed by atoms with van der Waals surface area (Å²) in [5, 5.41) is 27.8. The third kappa shape index (κ3) is 10.3. The van der Waals surface area contributed by atoms with Crippen molar-refractivity contribution in [3.8, 4) is 34.5 Å². The molecule has 3 heterocycles. The normalized spacial score (nSPS) is 25.0. The van der Waals surface area contributed by atoms with E-state index in [9.17, 15) is 15.0 Å². The number of aliphatic hydroxyl groups is 2. The molecule has 8 rings (SSSR count). The molecular weight excluding hydrogens is 875 g/mol. The Morgan fingerprint density at radius 3 is 2.49 bits per heavy atom. The minimum absolute atomic E-state index is 0.00959. The Labute approximate surface area is 398 Å². The number of carbonyl (C=O) groups excluding carboxylic acids is 2. The molecule has 0 aromatic heterocycles. The number of benzene rings is 3. The molecule has 7 atom stereocenters. The van der Waals surface area contributed by atoms with Gasteiger partial charge in [-0.3, -0.25) is 10.1 Å². The molecule has 16 nitrogen and oxygen atoms in total. The fraction of sp³-hybridized carbons (Fsp3) is 0.519. The number of ether oxygens (including phenoxy) is 8. The molecule has 3 aliphatic heterocycles. The molecule has 0 spiro atoms. The van der Waals surface area contributed by atoms with Gasteiger partial charge in [0.25, 0.3) is 5.91 Å². The number of nitrogens with zero attached hydrogens (tertiary/aromatic N) is 2. The maximum atomic E-state index is 15.2. The summed E-state index contributed by atoms with van der Waals surface area (Å²) in [6, 6.07) is 14.9. The molecule has 1 saturated carbocycles. The van der Waals surface area contributed by atoms with Crippen molar-refractivity contribution in [3.05, 3.63) is 90.0 Å². The lowest BCUT2D eigenvalue weighted by atomic mass is 9.55. The Balaban J connectivity index is 1.28. The second-order valence-corrected chi connectivity index (χ2v) is 17.8. The van der Waals surface area contributed by atoms with Gasteiger partial charge >= 0.3 is 6.09 Å². The first-order valence-corrected chi connectivity index (χ1v) is 24.0. The summed E-state index contributed by atoms with van der Waals surface area (Å²) in [6.07, 6.45) is 10.4. The molecule has 0 bridgehead atoms. The molecule has 3 aromatic rings. The molecule has 2 amide bonds. The van der Waals surface area contributed by atoms with Crippen LogP contribution in [0.15, 0.2) is 84.1 Å². The first-order chi connectivity index (χ1) is 33.2.